The number of benzene rings is 2. The molecule has 234 valence electrons. The Hall–Kier alpha value is -5.28. The molecule has 1 aromatic heterocycles. The molecular formula is C33H32N2O10. The van der Waals surface area contributed by atoms with E-state index in [-0.39, 0.29) is 11.3 Å². The molecule has 2 aromatic carbocycles. The number of carbonyl (C=O) groups excluding carboxylic acids is 4. The van der Waals surface area contributed by atoms with Crippen molar-refractivity contribution >= 4 is 23.9 Å². The SMILES string of the molecule is CC(=O)OC[C@H]1O[C@@H](n2c(-c3ccccc3)cc(-c3ccccc3C)c(C#N)c2=O)[C@H](OC(C)=O)[C@@H](OC(C)=O)[C@@H]1OC(C)=O. The predicted octanol–water partition coefficient (Wildman–Crippen LogP) is 3.62. The quantitative estimate of drug-likeness (QED) is 0.269. The molecule has 0 amide bonds. The summed E-state index contributed by atoms with van der Waals surface area (Å²) in [4.78, 5) is 63.2. The fourth-order valence-electron chi connectivity index (χ4n) is 5.32. The Morgan fingerprint density at radius 2 is 1.38 bits per heavy atom. The Kier molecular flexibility index (Phi) is 10.2. The number of hydrogen-bond acceptors (Lipinski definition) is 11. The van der Waals surface area contributed by atoms with Gasteiger partial charge in [0.05, 0.1) is 5.69 Å². The monoisotopic (exact) mass is 616 g/mol. The molecule has 1 fully saturated rings. The summed E-state index contributed by atoms with van der Waals surface area (Å²) in [5, 5.41) is 10.3. The number of rotatable bonds is 8. The first-order valence-corrected chi connectivity index (χ1v) is 14.0. The van der Waals surface area contributed by atoms with E-state index in [0.29, 0.717) is 16.7 Å². The first kappa shape index (κ1) is 32.6. The summed E-state index contributed by atoms with van der Waals surface area (Å²) < 4.78 is 29.3. The van der Waals surface area contributed by atoms with Crippen LogP contribution < -0.4 is 5.56 Å². The van der Waals surface area contributed by atoms with E-state index < -0.39 is 66.7 Å². The van der Waals surface area contributed by atoms with Gasteiger partial charge in [0.15, 0.2) is 24.5 Å². The molecule has 0 radical (unpaired) electrons. The van der Waals surface area contributed by atoms with Crippen molar-refractivity contribution in [1.82, 2.24) is 4.57 Å². The molecular weight excluding hydrogens is 584 g/mol. The van der Waals surface area contributed by atoms with Crippen LogP contribution in [0.15, 0.2) is 65.5 Å². The third-order valence-electron chi connectivity index (χ3n) is 7.08. The van der Waals surface area contributed by atoms with Crippen molar-refractivity contribution in [2.24, 2.45) is 0 Å². The lowest BCUT2D eigenvalue weighted by atomic mass is 9.93. The second-order valence-corrected chi connectivity index (χ2v) is 10.4. The first-order valence-electron chi connectivity index (χ1n) is 14.0. The van der Waals surface area contributed by atoms with Gasteiger partial charge in [0, 0.05) is 33.3 Å². The molecule has 0 unspecified atom stereocenters. The molecule has 1 saturated heterocycles. The van der Waals surface area contributed by atoms with Gasteiger partial charge in [0.1, 0.15) is 24.3 Å². The van der Waals surface area contributed by atoms with Crippen LogP contribution >= 0.6 is 0 Å². The number of hydrogen-bond donors (Lipinski definition) is 0. The maximum atomic E-state index is 14.4. The van der Waals surface area contributed by atoms with E-state index >= 15 is 0 Å². The van der Waals surface area contributed by atoms with E-state index in [9.17, 15) is 29.2 Å². The normalized spacial score (nSPS) is 20.8. The third kappa shape index (κ3) is 7.27. The number of carbonyl (C=O) groups is 4. The maximum absolute atomic E-state index is 14.4. The number of nitriles is 1. The summed E-state index contributed by atoms with van der Waals surface area (Å²) >= 11 is 0. The lowest BCUT2D eigenvalue weighted by Crippen LogP contribution is -2.61. The topological polar surface area (TPSA) is 160 Å². The number of nitrogens with zero attached hydrogens (tertiary/aromatic N) is 2. The molecule has 0 spiro atoms. The number of ether oxygens (including phenoxy) is 5. The summed E-state index contributed by atoms with van der Waals surface area (Å²) in [6, 6.07) is 19.7. The zero-order valence-corrected chi connectivity index (χ0v) is 25.3. The summed E-state index contributed by atoms with van der Waals surface area (Å²) in [6.45, 7) is 5.86. The fourth-order valence-corrected chi connectivity index (χ4v) is 5.32. The van der Waals surface area contributed by atoms with Crippen molar-refractivity contribution in [3.63, 3.8) is 0 Å². The highest BCUT2D eigenvalue weighted by Crippen LogP contribution is 2.38. The Labute approximate surface area is 259 Å². The third-order valence-corrected chi connectivity index (χ3v) is 7.08. The number of aromatic nitrogens is 1. The minimum atomic E-state index is -1.56. The number of aryl methyl sites for hydroxylation is 1. The smallest absolute Gasteiger partial charge is 0.303 e. The lowest BCUT2D eigenvalue weighted by molar-refractivity contribution is -0.268. The van der Waals surface area contributed by atoms with Crippen LogP contribution in [0.5, 0.6) is 0 Å². The van der Waals surface area contributed by atoms with Gasteiger partial charge in [0.2, 0.25) is 0 Å². The van der Waals surface area contributed by atoms with Crippen LogP contribution in [0, 0.1) is 18.3 Å². The van der Waals surface area contributed by atoms with Crippen molar-refractivity contribution in [1.29, 1.82) is 5.26 Å². The second-order valence-electron chi connectivity index (χ2n) is 10.4. The van der Waals surface area contributed by atoms with Gasteiger partial charge in [-0.2, -0.15) is 5.26 Å². The molecule has 1 aliphatic rings. The summed E-state index contributed by atoms with van der Waals surface area (Å²) in [6.07, 6.45) is -7.32. The largest absolute Gasteiger partial charge is 0.463 e. The van der Waals surface area contributed by atoms with E-state index in [0.717, 1.165) is 37.8 Å². The Morgan fingerprint density at radius 3 is 1.96 bits per heavy atom. The van der Waals surface area contributed by atoms with Gasteiger partial charge >= 0.3 is 23.9 Å². The van der Waals surface area contributed by atoms with E-state index in [1.54, 1.807) is 48.5 Å². The summed E-state index contributed by atoms with van der Waals surface area (Å²) in [7, 11) is 0. The van der Waals surface area contributed by atoms with Crippen LogP contribution in [0.4, 0.5) is 0 Å². The minimum Gasteiger partial charge on any atom is -0.463 e. The van der Waals surface area contributed by atoms with Crippen LogP contribution in [-0.2, 0) is 42.9 Å². The van der Waals surface area contributed by atoms with E-state index in [1.807, 2.05) is 25.1 Å². The second kappa shape index (κ2) is 14.0. The van der Waals surface area contributed by atoms with Gasteiger partial charge in [-0.25, -0.2) is 0 Å². The van der Waals surface area contributed by atoms with Gasteiger partial charge < -0.3 is 23.7 Å². The van der Waals surface area contributed by atoms with E-state index in [1.165, 1.54) is 0 Å². The van der Waals surface area contributed by atoms with Crippen molar-refractivity contribution in [2.45, 2.75) is 65.3 Å². The zero-order valence-electron chi connectivity index (χ0n) is 25.3. The standard InChI is InChI=1S/C33H32N2O10/c1-18-11-9-10-14-24(18)25-15-27(23-12-7-6-8-13-23)35(32(40)26(25)16-34)33-31(44-22(5)39)30(43-21(4)38)29(42-20(3)37)28(45-33)17-41-19(2)36/h6-15,28-31,33H,17H2,1-5H3/t28-,29-,30+,31-,33-/m1/s1. The van der Waals surface area contributed by atoms with Gasteiger partial charge in [-0.1, -0.05) is 54.6 Å². The molecule has 12 heteroatoms. The lowest BCUT2D eigenvalue weighted by Gasteiger charge is -2.45. The zero-order chi connectivity index (χ0) is 32.8. The Morgan fingerprint density at radius 1 is 0.800 bits per heavy atom. The first-order chi connectivity index (χ1) is 21.4. The molecule has 2 heterocycles. The molecule has 0 bridgehead atoms. The van der Waals surface area contributed by atoms with Crippen molar-refractivity contribution in [2.75, 3.05) is 6.61 Å². The van der Waals surface area contributed by atoms with Crippen molar-refractivity contribution in [3.8, 4) is 28.5 Å². The van der Waals surface area contributed by atoms with Crippen LogP contribution in [0.2, 0.25) is 0 Å². The van der Waals surface area contributed by atoms with Gasteiger partial charge in [-0.3, -0.25) is 28.5 Å². The molecule has 0 aliphatic carbocycles. The van der Waals surface area contributed by atoms with E-state index in [4.69, 9.17) is 23.7 Å². The van der Waals surface area contributed by atoms with Crippen LogP contribution in [0.25, 0.3) is 22.4 Å². The molecule has 0 saturated carbocycles. The fraction of sp³-hybridized carbons (Fsp3) is 0.333. The molecule has 12 nitrogen and oxygen atoms in total. The Balaban J connectivity index is 2.06. The van der Waals surface area contributed by atoms with Crippen LogP contribution in [-0.4, -0.2) is 59.5 Å². The van der Waals surface area contributed by atoms with Gasteiger partial charge in [-0.15, -0.1) is 0 Å². The summed E-state index contributed by atoms with van der Waals surface area (Å²) in [5.74, 6) is -3.11. The van der Waals surface area contributed by atoms with Crippen LogP contribution in [0.1, 0.15) is 45.0 Å². The van der Waals surface area contributed by atoms with Crippen molar-refractivity contribution < 1.29 is 42.9 Å². The highest BCUT2D eigenvalue weighted by molar-refractivity contribution is 5.77. The minimum absolute atomic E-state index is 0.225. The average Bonchev–Trinajstić information content (AvgIpc) is 2.98. The Bertz CT molecular complexity index is 1710. The highest BCUT2D eigenvalue weighted by atomic mass is 16.7. The predicted molar refractivity (Wildman–Crippen MR) is 158 cm³/mol. The van der Waals surface area contributed by atoms with Gasteiger partial charge in [0.25, 0.3) is 5.56 Å². The molecule has 45 heavy (non-hydrogen) atoms. The molecule has 1 aliphatic heterocycles. The summed E-state index contributed by atoms with van der Waals surface area (Å²) in [5.41, 5.74) is 1.63. The van der Waals surface area contributed by atoms with Crippen molar-refractivity contribution in [3.05, 3.63) is 82.1 Å². The maximum Gasteiger partial charge on any atom is 0.303 e. The van der Waals surface area contributed by atoms with Gasteiger partial charge in [-0.05, 0) is 29.7 Å². The highest BCUT2D eigenvalue weighted by Gasteiger charge is 2.53. The average molecular weight is 617 g/mol. The number of esters is 4. The molecule has 4 rings (SSSR count). The number of pyridine rings is 1. The van der Waals surface area contributed by atoms with Crippen LogP contribution in [0.3, 0.4) is 0 Å². The van der Waals surface area contributed by atoms with E-state index in [2.05, 4.69) is 0 Å². The molecule has 3 aromatic rings. The molecule has 5 atom stereocenters. The molecule has 0 N–H and O–H groups in total.